The Kier molecular flexibility index (Phi) is 4.47. The van der Waals surface area contributed by atoms with Crippen LogP contribution in [-0.2, 0) is 14.4 Å². The molecule has 10 heteroatoms. The van der Waals surface area contributed by atoms with E-state index >= 15 is 0 Å². The number of amides is 5. The maximum atomic E-state index is 13.1. The molecule has 5 amide bonds. The van der Waals surface area contributed by atoms with E-state index in [9.17, 15) is 19.2 Å². The lowest BCUT2D eigenvalue weighted by Crippen LogP contribution is -2.54. The van der Waals surface area contributed by atoms with E-state index in [2.05, 4.69) is 10.4 Å². The van der Waals surface area contributed by atoms with E-state index in [0.717, 1.165) is 4.90 Å². The molecule has 0 aromatic heterocycles. The third-order valence-electron chi connectivity index (χ3n) is 5.23. The zero-order chi connectivity index (χ0) is 22.4. The third-order valence-corrected chi connectivity index (χ3v) is 5.23. The van der Waals surface area contributed by atoms with Crippen LogP contribution in [0.2, 0.25) is 0 Å². The van der Waals surface area contributed by atoms with Crippen molar-refractivity contribution in [3.63, 3.8) is 0 Å². The number of barbiturate groups is 1. The van der Waals surface area contributed by atoms with Gasteiger partial charge in [0, 0.05) is 6.07 Å². The van der Waals surface area contributed by atoms with Crippen LogP contribution in [-0.4, -0.2) is 36.3 Å². The summed E-state index contributed by atoms with van der Waals surface area (Å²) in [5.41, 5.74) is 0.849. The first-order chi connectivity index (χ1) is 15.4. The number of rotatable bonds is 3. The number of anilines is 2. The molecule has 0 bridgehead atoms. The average Bonchev–Trinajstić information content (AvgIpc) is 3.35. The van der Waals surface area contributed by atoms with E-state index in [4.69, 9.17) is 9.47 Å². The van der Waals surface area contributed by atoms with Gasteiger partial charge in [0.15, 0.2) is 11.5 Å². The fourth-order valence-corrected chi connectivity index (χ4v) is 3.63. The number of ether oxygens (including phenoxy) is 2. The molecule has 10 nitrogen and oxygen atoms in total. The molecule has 0 spiro atoms. The van der Waals surface area contributed by atoms with E-state index < -0.39 is 29.7 Å². The van der Waals surface area contributed by atoms with Gasteiger partial charge in [-0.1, -0.05) is 18.2 Å². The number of para-hydroxylation sites is 1. The Bertz CT molecular complexity index is 1240. The molecule has 2 aromatic carbocycles. The van der Waals surface area contributed by atoms with Crippen molar-refractivity contribution in [1.29, 1.82) is 0 Å². The second-order valence-corrected chi connectivity index (χ2v) is 7.22. The van der Waals surface area contributed by atoms with Crippen LogP contribution in [0.25, 0.3) is 0 Å². The van der Waals surface area contributed by atoms with Crippen molar-refractivity contribution in [2.45, 2.75) is 6.92 Å². The number of fused-ring (bicyclic) bond motifs is 1. The Morgan fingerprint density at radius 3 is 2.53 bits per heavy atom. The van der Waals surface area contributed by atoms with E-state index in [1.165, 1.54) is 23.2 Å². The molecule has 0 saturated carbocycles. The fraction of sp³-hybridized carbons (Fsp3) is 0.136. The van der Waals surface area contributed by atoms with Gasteiger partial charge in [-0.15, -0.1) is 0 Å². The molecule has 0 aliphatic carbocycles. The van der Waals surface area contributed by atoms with Crippen LogP contribution in [0, 0.1) is 5.92 Å². The highest BCUT2D eigenvalue weighted by atomic mass is 16.7. The Morgan fingerprint density at radius 1 is 1.00 bits per heavy atom. The smallest absolute Gasteiger partial charge is 0.335 e. The summed E-state index contributed by atoms with van der Waals surface area (Å²) in [5, 5.41) is 7.64. The number of hydrazone groups is 1. The van der Waals surface area contributed by atoms with E-state index in [0.29, 0.717) is 22.9 Å². The van der Waals surface area contributed by atoms with Crippen LogP contribution in [0.4, 0.5) is 16.2 Å². The quantitative estimate of drug-likeness (QED) is 0.585. The van der Waals surface area contributed by atoms with E-state index in [1.807, 2.05) is 6.07 Å². The van der Waals surface area contributed by atoms with Crippen LogP contribution in [0.5, 0.6) is 11.5 Å². The Balaban J connectivity index is 1.47. The summed E-state index contributed by atoms with van der Waals surface area (Å²) in [5.74, 6) is -2.21. The summed E-state index contributed by atoms with van der Waals surface area (Å²) in [6.07, 6.45) is 1.24. The highest BCUT2D eigenvalue weighted by Gasteiger charge is 2.40. The van der Waals surface area contributed by atoms with Gasteiger partial charge in [-0.25, -0.2) is 9.69 Å². The summed E-state index contributed by atoms with van der Waals surface area (Å²) in [6.45, 7) is 1.66. The van der Waals surface area contributed by atoms with E-state index in [-0.39, 0.29) is 18.1 Å². The highest BCUT2D eigenvalue weighted by molar-refractivity contribution is 6.38. The zero-order valence-electron chi connectivity index (χ0n) is 16.8. The van der Waals surface area contributed by atoms with Crippen molar-refractivity contribution < 1.29 is 28.7 Å². The van der Waals surface area contributed by atoms with Gasteiger partial charge in [-0.3, -0.25) is 19.7 Å². The monoisotopic (exact) mass is 432 g/mol. The second kappa shape index (κ2) is 7.34. The summed E-state index contributed by atoms with van der Waals surface area (Å²) >= 11 is 0. The van der Waals surface area contributed by atoms with Crippen molar-refractivity contribution in [2.75, 3.05) is 16.7 Å². The van der Waals surface area contributed by atoms with Gasteiger partial charge < -0.3 is 9.47 Å². The lowest BCUT2D eigenvalue weighted by Gasteiger charge is -2.26. The summed E-state index contributed by atoms with van der Waals surface area (Å²) in [7, 11) is 0. The van der Waals surface area contributed by atoms with Gasteiger partial charge in [-0.05, 0) is 37.3 Å². The Hall–Kier alpha value is -4.47. The number of nitrogens with zero attached hydrogens (tertiary/aromatic N) is 3. The number of carbonyl (C=O) groups is 4. The minimum Gasteiger partial charge on any atom is -0.454 e. The predicted octanol–water partition coefficient (Wildman–Crippen LogP) is 1.96. The molecule has 1 fully saturated rings. The van der Waals surface area contributed by atoms with Crippen molar-refractivity contribution in [2.24, 2.45) is 11.0 Å². The molecule has 160 valence electrons. The third kappa shape index (κ3) is 3.09. The molecule has 1 N–H and O–H groups in total. The number of benzene rings is 2. The van der Waals surface area contributed by atoms with Crippen LogP contribution in [0.3, 0.4) is 0 Å². The normalized spacial score (nSPS) is 21.3. The molecular formula is C22H16N4O6. The van der Waals surface area contributed by atoms with Crippen molar-refractivity contribution in [3.8, 4) is 11.5 Å². The van der Waals surface area contributed by atoms with Crippen LogP contribution in [0.1, 0.15) is 6.92 Å². The number of imide groups is 2. The molecule has 32 heavy (non-hydrogen) atoms. The summed E-state index contributed by atoms with van der Waals surface area (Å²) < 4.78 is 10.5. The van der Waals surface area contributed by atoms with Crippen molar-refractivity contribution in [1.82, 2.24) is 5.32 Å². The minimum atomic E-state index is -0.924. The molecule has 2 aromatic rings. The Labute approximate surface area is 181 Å². The molecule has 1 saturated heterocycles. The van der Waals surface area contributed by atoms with Crippen molar-refractivity contribution >= 4 is 40.8 Å². The van der Waals surface area contributed by atoms with Crippen LogP contribution in [0.15, 0.2) is 65.3 Å². The predicted molar refractivity (Wildman–Crippen MR) is 112 cm³/mol. The van der Waals surface area contributed by atoms with Gasteiger partial charge >= 0.3 is 6.03 Å². The topological polar surface area (TPSA) is 118 Å². The van der Waals surface area contributed by atoms with E-state index in [1.54, 1.807) is 37.3 Å². The minimum absolute atomic E-state index is 0.0306. The number of nitrogens with one attached hydrogen (secondary N) is 1. The SMILES string of the molecule is CC1=NN(c2ccccc2)C(=O)C1/C=C1\C(=O)NC(=O)N(c2ccc3c(c2)OCO3)C1=O. The van der Waals surface area contributed by atoms with Gasteiger partial charge in [0.25, 0.3) is 17.7 Å². The first-order valence-electron chi connectivity index (χ1n) is 9.69. The van der Waals surface area contributed by atoms with Gasteiger partial charge in [0.1, 0.15) is 5.57 Å². The first kappa shape index (κ1) is 19.5. The molecule has 1 atom stereocenters. The Morgan fingerprint density at radius 2 is 1.75 bits per heavy atom. The number of hydrogen-bond donors (Lipinski definition) is 1. The van der Waals surface area contributed by atoms with Gasteiger partial charge in [-0.2, -0.15) is 10.1 Å². The average molecular weight is 432 g/mol. The van der Waals surface area contributed by atoms with Gasteiger partial charge in [0.2, 0.25) is 6.79 Å². The molecule has 0 radical (unpaired) electrons. The maximum absolute atomic E-state index is 13.1. The zero-order valence-corrected chi connectivity index (χ0v) is 16.8. The summed E-state index contributed by atoms with van der Waals surface area (Å²) in [4.78, 5) is 51.8. The summed E-state index contributed by atoms with van der Waals surface area (Å²) in [6, 6.07) is 12.4. The van der Waals surface area contributed by atoms with Crippen LogP contribution < -0.4 is 24.7 Å². The fourth-order valence-electron chi connectivity index (χ4n) is 3.63. The second-order valence-electron chi connectivity index (χ2n) is 7.22. The molecular weight excluding hydrogens is 416 g/mol. The molecule has 3 aliphatic heterocycles. The first-order valence-corrected chi connectivity index (χ1v) is 9.69. The standard InChI is InChI=1S/C22H16N4O6/c1-12-15(21(29)26(24-12)13-5-3-2-4-6-13)10-16-19(27)23-22(30)25(20(16)28)14-7-8-17-18(9-14)32-11-31-17/h2-10,15H,11H2,1H3,(H,23,27,30)/b16-10+. The molecule has 5 rings (SSSR count). The van der Waals surface area contributed by atoms with Crippen LogP contribution >= 0.6 is 0 Å². The number of carbonyl (C=O) groups excluding carboxylic acids is 4. The molecule has 1 unspecified atom stereocenters. The maximum Gasteiger partial charge on any atom is 0.335 e. The van der Waals surface area contributed by atoms with Gasteiger partial charge in [0.05, 0.1) is 23.0 Å². The molecule has 3 aliphatic rings. The lowest BCUT2D eigenvalue weighted by molar-refractivity contribution is -0.122. The largest absolute Gasteiger partial charge is 0.454 e. The molecule has 3 heterocycles. The highest BCUT2D eigenvalue weighted by Crippen LogP contribution is 2.36. The lowest BCUT2D eigenvalue weighted by atomic mass is 9.98. The van der Waals surface area contributed by atoms with Crippen molar-refractivity contribution in [3.05, 3.63) is 60.2 Å². The number of urea groups is 1. The number of hydrogen-bond acceptors (Lipinski definition) is 7.